The molecule has 0 radical (unpaired) electrons. The van der Waals surface area contributed by atoms with Crippen molar-refractivity contribution in [1.29, 1.82) is 0 Å². The molecule has 1 amide bonds. The fraction of sp³-hybridized carbons (Fsp3) is 0.417. The second-order valence-corrected chi connectivity index (χ2v) is 9.15. The molecule has 0 saturated carbocycles. The fourth-order valence-electron chi connectivity index (χ4n) is 4.41. The number of piperidine rings is 1. The molecule has 1 unspecified atom stereocenters. The van der Waals surface area contributed by atoms with Gasteiger partial charge in [-0.3, -0.25) is 9.78 Å². The van der Waals surface area contributed by atoms with Crippen LogP contribution in [0.15, 0.2) is 43.1 Å². The van der Waals surface area contributed by atoms with Crippen molar-refractivity contribution in [1.82, 2.24) is 24.4 Å². The van der Waals surface area contributed by atoms with Crippen LogP contribution in [0.5, 0.6) is 0 Å². The molecule has 4 heterocycles. The van der Waals surface area contributed by atoms with Crippen LogP contribution in [0.25, 0.3) is 11.1 Å². The summed E-state index contributed by atoms with van der Waals surface area (Å²) in [7, 11) is 1.73. The predicted molar refractivity (Wildman–Crippen MR) is 122 cm³/mol. The highest BCUT2D eigenvalue weighted by Crippen LogP contribution is 2.36. The molecule has 0 aromatic carbocycles. The van der Waals surface area contributed by atoms with Gasteiger partial charge in [0.05, 0.1) is 23.7 Å². The van der Waals surface area contributed by atoms with Crippen LogP contribution in [-0.4, -0.2) is 55.4 Å². The summed E-state index contributed by atoms with van der Waals surface area (Å²) in [5, 5.41) is 2.80. The van der Waals surface area contributed by atoms with Gasteiger partial charge in [-0.1, -0.05) is 13.0 Å². The van der Waals surface area contributed by atoms with Crippen molar-refractivity contribution in [3.8, 4) is 11.1 Å². The Hall–Kier alpha value is -3.57. The van der Waals surface area contributed by atoms with E-state index in [9.17, 15) is 26.7 Å². The first kappa shape index (κ1) is 25.5. The Bertz CT molecular complexity index is 1220. The normalized spacial score (nSPS) is 19.8. The van der Waals surface area contributed by atoms with Gasteiger partial charge >= 0.3 is 6.18 Å². The van der Waals surface area contributed by atoms with Crippen molar-refractivity contribution in [3.05, 3.63) is 59.9 Å². The first-order valence-electron chi connectivity index (χ1n) is 11.2. The molecule has 12 heteroatoms. The maximum Gasteiger partial charge on any atom is 0.419 e. The number of aromatic nitrogens is 4. The van der Waals surface area contributed by atoms with Crippen LogP contribution in [0, 0.1) is 12.8 Å². The highest BCUT2D eigenvalue weighted by molar-refractivity contribution is 6.01. The second-order valence-electron chi connectivity index (χ2n) is 9.15. The van der Waals surface area contributed by atoms with E-state index < -0.39 is 48.5 Å². The highest BCUT2D eigenvalue weighted by atomic mass is 19.4. The summed E-state index contributed by atoms with van der Waals surface area (Å²) >= 11 is 0. The quantitative estimate of drug-likeness (QED) is 0.501. The molecule has 1 aliphatic rings. The molecule has 7 nitrogen and oxygen atoms in total. The van der Waals surface area contributed by atoms with Crippen molar-refractivity contribution >= 4 is 11.9 Å². The van der Waals surface area contributed by atoms with Crippen molar-refractivity contribution in [2.45, 2.75) is 38.4 Å². The summed E-state index contributed by atoms with van der Waals surface area (Å²) < 4.78 is 69.2. The minimum atomic E-state index is -4.58. The number of halogens is 5. The molecule has 4 rings (SSSR count). The maximum absolute atomic E-state index is 14.6. The first-order valence-corrected chi connectivity index (χ1v) is 11.2. The maximum atomic E-state index is 14.6. The molecule has 36 heavy (non-hydrogen) atoms. The largest absolute Gasteiger partial charge is 0.419 e. The summed E-state index contributed by atoms with van der Waals surface area (Å²) in [5.41, 5.74) is 1.29. The summed E-state index contributed by atoms with van der Waals surface area (Å²) in [4.78, 5) is 26.4. The van der Waals surface area contributed by atoms with E-state index in [2.05, 4.69) is 20.3 Å². The number of anilines is 1. The average molecular weight is 508 g/mol. The number of pyridine rings is 1. The van der Waals surface area contributed by atoms with Gasteiger partial charge in [0, 0.05) is 67.8 Å². The molecule has 1 N–H and O–H groups in total. The number of rotatable bonds is 5. The van der Waals surface area contributed by atoms with Crippen LogP contribution in [-0.2, 0) is 13.2 Å². The highest BCUT2D eigenvalue weighted by Gasteiger charge is 2.46. The van der Waals surface area contributed by atoms with E-state index in [1.807, 2.05) is 13.0 Å². The molecule has 0 spiro atoms. The number of carbonyl (C=O) groups excluding carboxylic acids is 1. The van der Waals surface area contributed by atoms with E-state index in [1.165, 1.54) is 0 Å². The smallest absolute Gasteiger partial charge is 0.356 e. The van der Waals surface area contributed by atoms with Gasteiger partial charge in [0.2, 0.25) is 5.95 Å². The fourth-order valence-corrected chi connectivity index (χ4v) is 4.41. The lowest BCUT2D eigenvalue weighted by atomic mass is 9.87. The van der Waals surface area contributed by atoms with Gasteiger partial charge < -0.3 is 14.8 Å². The molecule has 3 aromatic heterocycles. The number of likely N-dealkylation sites (tertiary alicyclic amines) is 1. The number of alkyl halides is 5. The molecule has 3 aromatic rings. The van der Waals surface area contributed by atoms with Gasteiger partial charge in [-0.05, 0) is 18.9 Å². The van der Waals surface area contributed by atoms with Crippen LogP contribution in [0.1, 0.15) is 35.0 Å². The molecule has 1 fully saturated rings. The summed E-state index contributed by atoms with van der Waals surface area (Å²) in [6, 6.07) is 2.93. The molecule has 1 aliphatic heterocycles. The third-order valence-corrected chi connectivity index (χ3v) is 6.20. The number of nitrogens with one attached hydrogen (secondary N) is 1. The van der Waals surface area contributed by atoms with Crippen molar-refractivity contribution in [2.24, 2.45) is 13.0 Å². The van der Waals surface area contributed by atoms with Crippen LogP contribution in [0.2, 0.25) is 0 Å². The lowest BCUT2D eigenvalue weighted by Crippen LogP contribution is -2.57. The van der Waals surface area contributed by atoms with Gasteiger partial charge in [0.1, 0.15) is 0 Å². The molecule has 192 valence electrons. The standard InChI is InChI=1S/C24H25F5N6O/c1-14-6-23(25,26)13-35(20(14)10-33-22-31-8-17(9-32-22)24(27,28)29)21(36)19-12-34(3)11-18(19)16-5-4-15(2)30-7-16/h4-5,7-9,11-12,14,20H,6,10,13H2,1-3H3,(H,31,32,33)/t14-,20?/m1/s1. The number of amides is 1. The van der Waals surface area contributed by atoms with Crippen LogP contribution < -0.4 is 5.32 Å². The van der Waals surface area contributed by atoms with Gasteiger partial charge in [-0.25, -0.2) is 18.7 Å². The van der Waals surface area contributed by atoms with Crippen LogP contribution in [0.4, 0.5) is 27.9 Å². The van der Waals surface area contributed by atoms with Crippen molar-refractivity contribution in [2.75, 3.05) is 18.4 Å². The molecule has 2 atom stereocenters. The van der Waals surface area contributed by atoms with Crippen molar-refractivity contribution < 1.29 is 26.7 Å². The number of nitrogens with zero attached hydrogens (tertiary/aromatic N) is 5. The number of carbonyl (C=O) groups is 1. The monoisotopic (exact) mass is 508 g/mol. The zero-order valence-corrected chi connectivity index (χ0v) is 19.9. The summed E-state index contributed by atoms with van der Waals surface area (Å²) in [6.07, 6.45) is 1.21. The zero-order valence-electron chi connectivity index (χ0n) is 19.9. The van der Waals surface area contributed by atoms with Gasteiger partial charge in [0.15, 0.2) is 0 Å². The Balaban J connectivity index is 1.60. The Morgan fingerprint density at radius 3 is 2.44 bits per heavy atom. The first-order chi connectivity index (χ1) is 16.8. The van der Waals surface area contributed by atoms with E-state index in [-0.39, 0.29) is 18.1 Å². The van der Waals surface area contributed by atoms with E-state index in [0.29, 0.717) is 23.5 Å². The lowest BCUT2D eigenvalue weighted by Gasteiger charge is -2.43. The lowest BCUT2D eigenvalue weighted by molar-refractivity contribution is -0.138. The third-order valence-electron chi connectivity index (χ3n) is 6.20. The van der Waals surface area contributed by atoms with Crippen LogP contribution in [0.3, 0.4) is 0 Å². The third kappa shape index (κ3) is 5.47. The Kier molecular flexibility index (Phi) is 6.72. The summed E-state index contributed by atoms with van der Waals surface area (Å²) in [5.74, 6) is -4.35. The van der Waals surface area contributed by atoms with Gasteiger partial charge in [0.25, 0.3) is 11.8 Å². The predicted octanol–water partition coefficient (Wildman–Crippen LogP) is 4.80. The molecule has 1 saturated heterocycles. The Morgan fingerprint density at radius 2 is 1.83 bits per heavy atom. The van der Waals surface area contributed by atoms with E-state index >= 15 is 0 Å². The van der Waals surface area contributed by atoms with E-state index in [1.54, 1.807) is 43.2 Å². The topological polar surface area (TPSA) is 75.9 Å². The van der Waals surface area contributed by atoms with Crippen LogP contribution >= 0.6 is 0 Å². The Labute approximate surface area is 204 Å². The number of hydrogen-bond acceptors (Lipinski definition) is 5. The molecular formula is C24H25F5N6O. The van der Waals surface area contributed by atoms with Crippen molar-refractivity contribution in [3.63, 3.8) is 0 Å². The minimum Gasteiger partial charge on any atom is -0.356 e. The zero-order chi connectivity index (χ0) is 26.3. The molecule has 0 bridgehead atoms. The second kappa shape index (κ2) is 9.47. The van der Waals surface area contributed by atoms with E-state index in [4.69, 9.17) is 0 Å². The Morgan fingerprint density at radius 1 is 1.14 bits per heavy atom. The molecular weight excluding hydrogens is 483 g/mol. The number of aryl methyl sites for hydroxylation is 2. The number of hydrogen-bond donors (Lipinski definition) is 1. The minimum absolute atomic E-state index is 0.0113. The molecule has 0 aliphatic carbocycles. The SMILES string of the molecule is Cc1ccc(-c2cn(C)cc2C(=O)N2CC(F)(F)C[C@@H](C)C2CNc2ncc(C(F)(F)F)cn2)cn1. The van der Waals surface area contributed by atoms with Gasteiger partial charge in [-0.15, -0.1) is 0 Å². The summed E-state index contributed by atoms with van der Waals surface area (Å²) in [6.45, 7) is 2.65. The van der Waals surface area contributed by atoms with E-state index in [0.717, 1.165) is 10.6 Å². The van der Waals surface area contributed by atoms with Gasteiger partial charge in [-0.2, -0.15) is 13.2 Å². The average Bonchev–Trinajstić information content (AvgIpc) is 3.19.